The standard InChI is InChI=1S/C21H33N5O/c1-17(2)16-26-12-10-19(11-13-26)24-21(23-15-20(27)25(3)4)22-14-18-8-6-5-7-9-18/h5-9,19H,1,10-16H2,2-4H3,(H2,22,23,24). The number of guanidine groups is 1. The number of aliphatic imine (C=N–C) groups is 1. The average molecular weight is 372 g/mol. The molecule has 0 bridgehead atoms. The quantitative estimate of drug-likeness (QED) is 0.436. The van der Waals surface area contributed by atoms with E-state index in [1.807, 2.05) is 18.2 Å². The molecule has 1 aromatic carbocycles. The van der Waals surface area contributed by atoms with E-state index in [2.05, 4.69) is 46.2 Å². The number of likely N-dealkylation sites (tertiary alicyclic amines) is 1. The zero-order valence-electron chi connectivity index (χ0n) is 16.9. The van der Waals surface area contributed by atoms with Gasteiger partial charge in [0.25, 0.3) is 0 Å². The largest absolute Gasteiger partial charge is 0.354 e. The van der Waals surface area contributed by atoms with Crippen molar-refractivity contribution in [1.82, 2.24) is 20.4 Å². The van der Waals surface area contributed by atoms with Crippen LogP contribution in [-0.4, -0.2) is 68.0 Å². The molecule has 1 fully saturated rings. The van der Waals surface area contributed by atoms with Crippen molar-refractivity contribution in [2.24, 2.45) is 4.99 Å². The minimum Gasteiger partial charge on any atom is -0.354 e. The normalized spacial score (nSPS) is 16.0. The third-order valence-electron chi connectivity index (χ3n) is 4.59. The summed E-state index contributed by atoms with van der Waals surface area (Å²) in [5.41, 5.74) is 2.35. The molecular formula is C21H33N5O. The Balaban J connectivity index is 1.93. The molecule has 0 aliphatic carbocycles. The summed E-state index contributed by atoms with van der Waals surface area (Å²) in [6.07, 6.45) is 2.11. The van der Waals surface area contributed by atoms with Crippen molar-refractivity contribution >= 4 is 11.9 Å². The molecule has 0 atom stereocenters. The van der Waals surface area contributed by atoms with Crippen molar-refractivity contribution in [2.45, 2.75) is 32.4 Å². The summed E-state index contributed by atoms with van der Waals surface area (Å²) in [5, 5.41) is 6.70. The molecule has 0 spiro atoms. The summed E-state index contributed by atoms with van der Waals surface area (Å²) in [6, 6.07) is 10.5. The SMILES string of the molecule is C=C(C)CN1CCC(NC(=NCc2ccccc2)NCC(=O)N(C)C)CC1. The third-order valence-corrected chi connectivity index (χ3v) is 4.59. The van der Waals surface area contributed by atoms with Gasteiger partial charge in [0.05, 0.1) is 13.1 Å². The molecule has 1 saturated heterocycles. The molecule has 148 valence electrons. The van der Waals surface area contributed by atoms with Gasteiger partial charge in [0.15, 0.2) is 5.96 Å². The number of carbonyl (C=O) groups is 1. The second kappa shape index (κ2) is 10.7. The smallest absolute Gasteiger partial charge is 0.241 e. The second-order valence-corrected chi connectivity index (χ2v) is 7.44. The topological polar surface area (TPSA) is 60.0 Å². The number of nitrogens with one attached hydrogen (secondary N) is 2. The van der Waals surface area contributed by atoms with Crippen molar-refractivity contribution < 1.29 is 4.79 Å². The fraction of sp³-hybridized carbons (Fsp3) is 0.524. The zero-order valence-corrected chi connectivity index (χ0v) is 16.9. The van der Waals surface area contributed by atoms with Crippen LogP contribution in [0, 0.1) is 0 Å². The summed E-state index contributed by atoms with van der Waals surface area (Å²) < 4.78 is 0. The number of carbonyl (C=O) groups excluding carboxylic acids is 1. The highest BCUT2D eigenvalue weighted by atomic mass is 16.2. The fourth-order valence-corrected chi connectivity index (χ4v) is 3.03. The van der Waals surface area contributed by atoms with Crippen LogP contribution in [0.3, 0.4) is 0 Å². The van der Waals surface area contributed by atoms with Gasteiger partial charge in [-0.25, -0.2) is 4.99 Å². The summed E-state index contributed by atoms with van der Waals surface area (Å²) in [4.78, 5) is 20.6. The molecule has 1 aliphatic rings. The number of hydrogen-bond donors (Lipinski definition) is 2. The minimum atomic E-state index is 0.0282. The predicted octanol–water partition coefficient (Wildman–Crippen LogP) is 1.85. The summed E-state index contributed by atoms with van der Waals surface area (Å²) in [5.74, 6) is 0.730. The summed E-state index contributed by atoms with van der Waals surface area (Å²) in [6.45, 7) is 9.97. The third kappa shape index (κ3) is 7.83. The van der Waals surface area contributed by atoms with Crippen LogP contribution in [0.2, 0.25) is 0 Å². The van der Waals surface area contributed by atoms with Gasteiger partial charge < -0.3 is 15.5 Å². The predicted molar refractivity (Wildman–Crippen MR) is 112 cm³/mol. The Morgan fingerprint density at radius 1 is 1.26 bits per heavy atom. The molecule has 1 amide bonds. The van der Waals surface area contributed by atoms with Crippen molar-refractivity contribution in [3.63, 3.8) is 0 Å². The highest BCUT2D eigenvalue weighted by Gasteiger charge is 2.20. The Kier molecular flexibility index (Phi) is 8.33. The van der Waals surface area contributed by atoms with E-state index in [-0.39, 0.29) is 12.5 Å². The van der Waals surface area contributed by atoms with Gasteiger partial charge >= 0.3 is 0 Å². The van der Waals surface area contributed by atoms with Crippen LogP contribution in [-0.2, 0) is 11.3 Å². The van der Waals surface area contributed by atoms with E-state index >= 15 is 0 Å². The Bertz CT molecular complexity index is 633. The molecule has 0 radical (unpaired) electrons. The first-order chi connectivity index (χ1) is 12.9. The highest BCUT2D eigenvalue weighted by Crippen LogP contribution is 2.11. The molecule has 0 unspecified atom stereocenters. The number of likely N-dealkylation sites (N-methyl/N-ethyl adjacent to an activating group) is 1. The first-order valence-electron chi connectivity index (χ1n) is 9.59. The lowest BCUT2D eigenvalue weighted by atomic mass is 10.0. The fourth-order valence-electron chi connectivity index (χ4n) is 3.03. The maximum absolute atomic E-state index is 11.9. The van der Waals surface area contributed by atoms with Crippen LogP contribution in [0.5, 0.6) is 0 Å². The Morgan fingerprint density at radius 2 is 1.93 bits per heavy atom. The van der Waals surface area contributed by atoms with Crippen molar-refractivity contribution in [3.05, 3.63) is 48.0 Å². The van der Waals surface area contributed by atoms with Crippen LogP contribution in [0.25, 0.3) is 0 Å². The number of amides is 1. The first-order valence-corrected chi connectivity index (χ1v) is 9.59. The van der Waals surface area contributed by atoms with E-state index in [4.69, 9.17) is 0 Å². The van der Waals surface area contributed by atoms with Crippen LogP contribution in [0.1, 0.15) is 25.3 Å². The van der Waals surface area contributed by atoms with Crippen LogP contribution < -0.4 is 10.6 Å². The summed E-state index contributed by atoms with van der Waals surface area (Å²) in [7, 11) is 3.52. The summed E-state index contributed by atoms with van der Waals surface area (Å²) >= 11 is 0. The molecule has 6 heteroatoms. The average Bonchev–Trinajstić information content (AvgIpc) is 2.65. The zero-order chi connectivity index (χ0) is 19.6. The molecule has 1 heterocycles. The molecule has 6 nitrogen and oxygen atoms in total. The Hall–Kier alpha value is -2.34. The highest BCUT2D eigenvalue weighted by molar-refractivity contribution is 5.86. The molecule has 1 aliphatic heterocycles. The van der Waals surface area contributed by atoms with Crippen molar-refractivity contribution in [3.8, 4) is 0 Å². The number of nitrogens with zero attached hydrogens (tertiary/aromatic N) is 3. The van der Waals surface area contributed by atoms with Gasteiger partial charge in [0, 0.05) is 39.8 Å². The lowest BCUT2D eigenvalue weighted by Crippen LogP contribution is -2.50. The monoisotopic (exact) mass is 371 g/mol. The second-order valence-electron chi connectivity index (χ2n) is 7.44. The maximum atomic E-state index is 11.9. The lowest BCUT2D eigenvalue weighted by molar-refractivity contribution is -0.127. The van der Waals surface area contributed by atoms with Gasteiger partial charge in [0.2, 0.25) is 5.91 Å². The van der Waals surface area contributed by atoms with E-state index in [1.165, 1.54) is 5.57 Å². The van der Waals surface area contributed by atoms with E-state index < -0.39 is 0 Å². The van der Waals surface area contributed by atoms with E-state index in [9.17, 15) is 4.79 Å². The van der Waals surface area contributed by atoms with Gasteiger partial charge in [-0.2, -0.15) is 0 Å². The molecule has 27 heavy (non-hydrogen) atoms. The van der Waals surface area contributed by atoms with E-state index in [1.54, 1.807) is 19.0 Å². The van der Waals surface area contributed by atoms with Crippen LogP contribution in [0.15, 0.2) is 47.5 Å². The van der Waals surface area contributed by atoms with E-state index in [0.717, 1.165) is 38.0 Å². The number of piperidine rings is 1. The van der Waals surface area contributed by atoms with Gasteiger partial charge in [-0.15, -0.1) is 0 Å². The van der Waals surface area contributed by atoms with Gasteiger partial charge in [-0.3, -0.25) is 9.69 Å². The van der Waals surface area contributed by atoms with Gasteiger partial charge in [-0.1, -0.05) is 42.5 Å². The number of hydrogen-bond acceptors (Lipinski definition) is 3. The van der Waals surface area contributed by atoms with E-state index in [0.29, 0.717) is 18.5 Å². The van der Waals surface area contributed by atoms with Crippen molar-refractivity contribution in [2.75, 3.05) is 40.3 Å². The molecule has 2 rings (SSSR count). The maximum Gasteiger partial charge on any atom is 0.241 e. The molecule has 1 aromatic rings. The van der Waals surface area contributed by atoms with Gasteiger partial charge in [-0.05, 0) is 25.3 Å². The lowest BCUT2D eigenvalue weighted by Gasteiger charge is -2.33. The molecule has 0 saturated carbocycles. The minimum absolute atomic E-state index is 0.0282. The van der Waals surface area contributed by atoms with Crippen LogP contribution >= 0.6 is 0 Å². The Labute approximate surface area is 163 Å². The molecule has 0 aromatic heterocycles. The first kappa shape index (κ1) is 21.0. The number of rotatable bonds is 7. The van der Waals surface area contributed by atoms with Crippen LogP contribution in [0.4, 0.5) is 0 Å². The Morgan fingerprint density at radius 3 is 2.52 bits per heavy atom. The molecular weight excluding hydrogens is 338 g/mol. The number of benzene rings is 1. The molecule has 2 N–H and O–H groups in total. The van der Waals surface area contributed by atoms with Crippen molar-refractivity contribution in [1.29, 1.82) is 0 Å². The van der Waals surface area contributed by atoms with Gasteiger partial charge in [0.1, 0.15) is 0 Å².